The number of benzene rings is 4. The van der Waals surface area contributed by atoms with E-state index < -0.39 is 6.04 Å². The highest BCUT2D eigenvalue weighted by molar-refractivity contribution is 7.98. The molecule has 5 aromatic rings. The lowest BCUT2D eigenvalue weighted by atomic mass is 9.86. The van der Waals surface area contributed by atoms with E-state index in [2.05, 4.69) is 36.3 Å². The lowest BCUT2D eigenvalue weighted by Crippen LogP contribution is -2.32. The Bertz CT molecular complexity index is 1700. The summed E-state index contributed by atoms with van der Waals surface area (Å²) in [6.45, 7) is 8.45. The molecule has 0 fully saturated rings. The number of hydrogen-bond donors (Lipinski definition) is 1. The van der Waals surface area contributed by atoms with Crippen LogP contribution in [0.15, 0.2) is 102 Å². The van der Waals surface area contributed by atoms with Crippen molar-refractivity contribution in [3.05, 3.63) is 142 Å². The topological polar surface area (TPSA) is 59.8 Å². The molecule has 8 heteroatoms. The van der Waals surface area contributed by atoms with Crippen LogP contribution in [0, 0.1) is 12.7 Å². The van der Waals surface area contributed by atoms with E-state index in [1.54, 1.807) is 12.1 Å². The van der Waals surface area contributed by atoms with Gasteiger partial charge >= 0.3 is 0 Å². The highest BCUT2D eigenvalue weighted by atomic mass is 35.5. The summed E-state index contributed by atoms with van der Waals surface area (Å²) in [5.41, 5.74) is 5.53. The Balaban J connectivity index is 1.55. The minimum atomic E-state index is -0.497. The van der Waals surface area contributed by atoms with Crippen LogP contribution in [-0.4, -0.2) is 20.7 Å². The van der Waals surface area contributed by atoms with Crippen LogP contribution in [0.5, 0.6) is 0 Å². The zero-order chi connectivity index (χ0) is 30.6. The summed E-state index contributed by atoms with van der Waals surface area (Å²) < 4.78 is 15.5. The fraction of sp³-hybridized carbons (Fsp3) is 0.229. The van der Waals surface area contributed by atoms with E-state index in [4.69, 9.17) is 11.6 Å². The number of thioether (sulfide) groups is 1. The van der Waals surface area contributed by atoms with Crippen molar-refractivity contribution in [3.63, 3.8) is 0 Å². The Morgan fingerprint density at radius 2 is 1.63 bits per heavy atom. The number of aromatic nitrogens is 3. The van der Waals surface area contributed by atoms with Gasteiger partial charge in [-0.15, -0.1) is 10.2 Å². The number of carbonyl (C=O) groups excluding carboxylic acids is 1. The fourth-order valence-corrected chi connectivity index (χ4v) is 5.87. The summed E-state index contributed by atoms with van der Waals surface area (Å²) >= 11 is 7.97. The Labute approximate surface area is 261 Å². The van der Waals surface area contributed by atoms with Gasteiger partial charge in [-0.2, -0.15) is 0 Å². The summed E-state index contributed by atoms with van der Waals surface area (Å²) in [6.07, 6.45) is 0.507. The number of nitrogens with zero attached hydrogens (tertiary/aromatic N) is 3. The van der Waals surface area contributed by atoms with Crippen LogP contribution in [0.3, 0.4) is 0 Å². The van der Waals surface area contributed by atoms with Crippen molar-refractivity contribution in [2.45, 2.75) is 56.5 Å². The molecule has 0 radical (unpaired) electrons. The van der Waals surface area contributed by atoms with Gasteiger partial charge in [0.1, 0.15) is 5.82 Å². The minimum Gasteiger partial charge on any atom is -0.342 e. The standard InChI is InChI=1S/C35H34ClFN4OS/c1-23-10-17-28(36)21-31(23)41-32(39-40-34(41)43-22-25-11-18-29(37)19-12-25)30(20-24-8-6-5-7-9-24)38-33(42)26-13-15-27(16-14-26)35(2,3)4/h5-19,21,30H,20,22H2,1-4H3,(H,38,42). The number of nitrogens with one attached hydrogen (secondary N) is 1. The predicted octanol–water partition coefficient (Wildman–Crippen LogP) is 8.67. The first-order valence-electron chi connectivity index (χ1n) is 14.1. The van der Waals surface area contributed by atoms with Gasteiger partial charge in [0.15, 0.2) is 11.0 Å². The average Bonchev–Trinajstić information content (AvgIpc) is 3.41. The largest absolute Gasteiger partial charge is 0.342 e. The molecule has 4 aromatic carbocycles. The van der Waals surface area contributed by atoms with Gasteiger partial charge in [0.05, 0.1) is 11.7 Å². The second-order valence-electron chi connectivity index (χ2n) is 11.6. The third kappa shape index (κ3) is 7.53. The highest BCUT2D eigenvalue weighted by Crippen LogP contribution is 2.32. The maximum Gasteiger partial charge on any atom is 0.251 e. The number of hydrogen-bond acceptors (Lipinski definition) is 4. The SMILES string of the molecule is Cc1ccc(Cl)cc1-n1c(SCc2ccc(F)cc2)nnc1C(Cc1ccccc1)NC(=O)c1ccc(C(C)(C)C)cc1. The molecule has 1 amide bonds. The van der Waals surface area contributed by atoms with Crippen molar-refractivity contribution in [2.24, 2.45) is 0 Å². The van der Waals surface area contributed by atoms with Crippen LogP contribution < -0.4 is 5.32 Å². The predicted molar refractivity (Wildman–Crippen MR) is 173 cm³/mol. The molecular weight excluding hydrogens is 579 g/mol. The molecule has 5 nitrogen and oxygen atoms in total. The molecule has 220 valence electrons. The van der Waals surface area contributed by atoms with Crippen molar-refractivity contribution in [1.29, 1.82) is 0 Å². The number of carbonyl (C=O) groups is 1. The van der Waals surface area contributed by atoms with E-state index in [-0.39, 0.29) is 17.1 Å². The van der Waals surface area contributed by atoms with E-state index in [1.165, 1.54) is 23.9 Å². The maximum atomic E-state index is 13.7. The van der Waals surface area contributed by atoms with E-state index in [1.807, 2.05) is 84.3 Å². The second kappa shape index (κ2) is 13.1. The Hall–Kier alpha value is -3.94. The maximum absolute atomic E-state index is 13.7. The molecule has 0 spiro atoms. The van der Waals surface area contributed by atoms with Gasteiger partial charge < -0.3 is 5.32 Å². The molecule has 0 saturated heterocycles. The Morgan fingerprint density at radius 1 is 0.930 bits per heavy atom. The lowest BCUT2D eigenvalue weighted by molar-refractivity contribution is 0.0934. The number of halogens is 2. The van der Waals surface area contributed by atoms with Crippen molar-refractivity contribution in [3.8, 4) is 5.69 Å². The molecule has 1 atom stereocenters. The number of rotatable bonds is 9. The molecule has 0 aliphatic rings. The first-order chi connectivity index (χ1) is 20.6. The van der Waals surface area contributed by atoms with Gasteiger partial charge in [-0.25, -0.2) is 4.39 Å². The van der Waals surface area contributed by atoms with Crippen LogP contribution in [-0.2, 0) is 17.6 Å². The molecule has 1 unspecified atom stereocenters. The molecule has 1 aromatic heterocycles. The summed E-state index contributed by atoms with van der Waals surface area (Å²) in [4.78, 5) is 13.7. The van der Waals surface area contributed by atoms with E-state index >= 15 is 0 Å². The molecule has 1 heterocycles. The van der Waals surface area contributed by atoms with Gasteiger partial charge in [0.25, 0.3) is 5.91 Å². The third-order valence-electron chi connectivity index (χ3n) is 7.26. The van der Waals surface area contributed by atoms with Crippen molar-refractivity contribution in [2.75, 3.05) is 0 Å². The Kier molecular flexibility index (Phi) is 9.33. The first-order valence-corrected chi connectivity index (χ1v) is 15.5. The zero-order valence-corrected chi connectivity index (χ0v) is 26.2. The Morgan fingerprint density at radius 3 is 2.30 bits per heavy atom. The van der Waals surface area contributed by atoms with Crippen molar-refractivity contribution in [1.82, 2.24) is 20.1 Å². The van der Waals surface area contributed by atoms with Crippen LogP contribution in [0.25, 0.3) is 5.69 Å². The number of amides is 1. The molecule has 1 N–H and O–H groups in total. The molecule has 0 saturated carbocycles. The molecular formula is C35H34ClFN4OS. The van der Waals surface area contributed by atoms with E-state index in [9.17, 15) is 9.18 Å². The molecule has 5 rings (SSSR count). The number of aryl methyl sites for hydroxylation is 1. The van der Waals surface area contributed by atoms with Crippen LogP contribution in [0.1, 0.15) is 65.2 Å². The third-order valence-corrected chi connectivity index (χ3v) is 8.50. The monoisotopic (exact) mass is 612 g/mol. The zero-order valence-electron chi connectivity index (χ0n) is 24.6. The van der Waals surface area contributed by atoms with E-state index in [0.717, 1.165) is 27.9 Å². The second-order valence-corrected chi connectivity index (χ2v) is 12.9. The van der Waals surface area contributed by atoms with Gasteiger partial charge in [0.2, 0.25) is 0 Å². The normalized spacial score (nSPS) is 12.2. The molecule has 0 bridgehead atoms. The quantitative estimate of drug-likeness (QED) is 0.169. The summed E-state index contributed by atoms with van der Waals surface area (Å²) in [5.74, 6) is 0.685. The molecule has 0 aliphatic heterocycles. The van der Waals surface area contributed by atoms with Gasteiger partial charge in [0, 0.05) is 16.3 Å². The molecule has 0 aliphatic carbocycles. The summed E-state index contributed by atoms with van der Waals surface area (Å²) in [6, 6.07) is 29.4. The van der Waals surface area contributed by atoms with Gasteiger partial charge in [-0.05, 0) is 77.4 Å². The average molecular weight is 613 g/mol. The van der Waals surface area contributed by atoms with Gasteiger partial charge in [-0.3, -0.25) is 9.36 Å². The fourth-order valence-electron chi connectivity index (χ4n) is 4.80. The highest BCUT2D eigenvalue weighted by Gasteiger charge is 2.26. The summed E-state index contributed by atoms with van der Waals surface area (Å²) in [7, 11) is 0. The smallest absolute Gasteiger partial charge is 0.251 e. The van der Waals surface area contributed by atoms with E-state index in [0.29, 0.717) is 33.7 Å². The lowest BCUT2D eigenvalue weighted by Gasteiger charge is -2.22. The van der Waals surface area contributed by atoms with Crippen molar-refractivity contribution >= 4 is 29.3 Å². The first kappa shape index (κ1) is 30.5. The molecule has 43 heavy (non-hydrogen) atoms. The van der Waals surface area contributed by atoms with Crippen LogP contribution in [0.4, 0.5) is 4.39 Å². The van der Waals surface area contributed by atoms with Crippen molar-refractivity contribution < 1.29 is 9.18 Å². The van der Waals surface area contributed by atoms with Gasteiger partial charge in [-0.1, -0.05) is 105 Å². The van der Waals surface area contributed by atoms with Crippen LogP contribution >= 0.6 is 23.4 Å². The minimum absolute atomic E-state index is 0.0158. The summed E-state index contributed by atoms with van der Waals surface area (Å²) in [5, 5.41) is 13.7. The van der Waals surface area contributed by atoms with Crippen LogP contribution in [0.2, 0.25) is 5.02 Å².